The Morgan fingerprint density at radius 1 is 1.69 bits per heavy atom. The zero-order valence-corrected chi connectivity index (χ0v) is 10.1. The van der Waals surface area contributed by atoms with Gasteiger partial charge in [0.2, 0.25) is 5.91 Å². The normalized spacial score (nSPS) is 25.8. The molecular formula is C9H17NOS2. The Morgan fingerprint density at radius 2 is 2.38 bits per heavy atom. The molecule has 1 amide bonds. The van der Waals surface area contributed by atoms with Crippen LogP contribution >= 0.6 is 23.5 Å². The van der Waals surface area contributed by atoms with Gasteiger partial charge in [-0.3, -0.25) is 4.79 Å². The second-order valence-corrected chi connectivity index (χ2v) is 5.66. The van der Waals surface area contributed by atoms with Crippen LogP contribution in [0.3, 0.4) is 0 Å². The summed E-state index contributed by atoms with van der Waals surface area (Å²) in [7, 11) is 0. The second kappa shape index (κ2) is 5.15. The third kappa shape index (κ3) is 2.81. The van der Waals surface area contributed by atoms with Crippen molar-refractivity contribution < 1.29 is 4.79 Å². The topological polar surface area (TPSA) is 20.3 Å². The highest BCUT2D eigenvalue weighted by Crippen LogP contribution is 2.19. The van der Waals surface area contributed by atoms with Gasteiger partial charge in [-0.25, -0.2) is 0 Å². The molecule has 0 N–H and O–H groups in total. The van der Waals surface area contributed by atoms with Gasteiger partial charge in [-0.05, 0) is 20.1 Å². The molecule has 76 valence electrons. The van der Waals surface area contributed by atoms with Crippen LogP contribution in [-0.4, -0.2) is 46.4 Å². The number of hydrogen-bond donors (Lipinski definition) is 0. The van der Waals surface area contributed by atoms with Crippen molar-refractivity contribution in [1.29, 1.82) is 0 Å². The molecule has 0 aromatic rings. The summed E-state index contributed by atoms with van der Waals surface area (Å²) in [6, 6.07) is 0.417. The molecule has 13 heavy (non-hydrogen) atoms. The second-order valence-electron chi connectivity index (χ2n) is 3.33. The van der Waals surface area contributed by atoms with Gasteiger partial charge in [0.25, 0.3) is 0 Å². The Labute approximate surface area is 88.8 Å². The third-order valence-corrected chi connectivity index (χ3v) is 4.45. The molecule has 2 nitrogen and oxygen atoms in total. The predicted molar refractivity (Wildman–Crippen MR) is 61.5 cm³/mol. The lowest BCUT2D eigenvalue weighted by Gasteiger charge is -2.34. The fraction of sp³-hybridized carbons (Fsp3) is 0.889. The fourth-order valence-electron chi connectivity index (χ4n) is 1.39. The van der Waals surface area contributed by atoms with E-state index < -0.39 is 0 Å². The standard InChI is InChI=1S/C9H17NOS2/c1-7-6-13-5-4-10(7)9(11)8(2)12-3/h7-8H,4-6H2,1-3H3. The van der Waals surface area contributed by atoms with Crippen LogP contribution in [0.1, 0.15) is 13.8 Å². The van der Waals surface area contributed by atoms with Crippen LogP contribution in [0.4, 0.5) is 0 Å². The maximum absolute atomic E-state index is 11.8. The highest BCUT2D eigenvalue weighted by atomic mass is 32.2. The van der Waals surface area contributed by atoms with Crippen molar-refractivity contribution in [2.75, 3.05) is 24.3 Å². The highest BCUT2D eigenvalue weighted by Gasteiger charge is 2.26. The van der Waals surface area contributed by atoms with E-state index >= 15 is 0 Å². The number of carbonyl (C=O) groups excluding carboxylic acids is 1. The SMILES string of the molecule is CSC(C)C(=O)N1CCSCC1C. The van der Waals surface area contributed by atoms with Gasteiger partial charge in [0, 0.05) is 24.1 Å². The van der Waals surface area contributed by atoms with Gasteiger partial charge in [0.1, 0.15) is 0 Å². The van der Waals surface area contributed by atoms with Gasteiger partial charge in [-0.2, -0.15) is 23.5 Å². The summed E-state index contributed by atoms with van der Waals surface area (Å²) in [4.78, 5) is 13.9. The van der Waals surface area contributed by atoms with Crippen LogP contribution < -0.4 is 0 Å². The summed E-state index contributed by atoms with van der Waals surface area (Å²) in [5, 5.41) is 0.116. The van der Waals surface area contributed by atoms with E-state index in [1.54, 1.807) is 11.8 Å². The molecule has 0 bridgehead atoms. The third-order valence-electron chi connectivity index (χ3n) is 2.35. The van der Waals surface area contributed by atoms with Gasteiger partial charge in [0.05, 0.1) is 5.25 Å². The van der Waals surface area contributed by atoms with E-state index in [0.717, 1.165) is 18.1 Å². The van der Waals surface area contributed by atoms with Crippen LogP contribution in [0, 0.1) is 0 Å². The summed E-state index contributed by atoms with van der Waals surface area (Å²) >= 11 is 3.57. The van der Waals surface area contributed by atoms with Crippen molar-refractivity contribution in [1.82, 2.24) is 4.90 Å². The first-order valence-corrected chi connectivity index (χ1v) is 7.02. The molecule has 1 heterocycles. The molecule has 2 unspecified atom stereocenters. The van der Waals surface area contributed by atoms with Crippen LogP contribution in [0.15, 0.2) is 0 Å². The van der Waals surface area contributed by atoms with Crippen LogP contribution in [-0.2, 0) is 4.79 Å². The molecule has 1 fully saturated rings. The molecular weight excluding hydrogens is 202 g/mol. The summed E-state index contributed by atoms with van der Waals surface area (Å²) in [6.07, 6.45) is 1.99. The number of nitrogens with zero attached hydrogens (tertiary/aromatic N) is 1. The number of amides is 1. The zero-order chi connectivity index (χ0) is 9.84. The van der Waals surface area contributed by atoms with E-state index in [2.05, 4.69) is 6.92 Å². The highest BCUT2D eigenvalue weighted by molar-refractivity contribution is 8.00. The summed E-state index contributed by atoms with van der Waals surface area (Å²) in [5.41, 5.74) is 0. The lowest BCUT2D eigenvalue weighted by molar-refractivity contribution is -0.131. The molecule has 2 atom stereocenters. The largest absolute Gasteiger partial charge is 0.337 e. The van der Waals surface area contributed by atoms with Crippen molar-refractivity contribution in [3.05, 3.63) is 0 Å². The average Bonchev–Trinajstić information content (AvgIpc) is 2.16. The molecule has 1 rings (SSSR count). The molecule has 1 aliphatic rings. The predicted octanol–water partition coefficient (Wildman–Crippen LogP) is 1.70. The molecule has 0 spiro atoms. The summed E-state index contributed by atoms with van der Waals surface area (Å²) < 4.78 is 0. The molecule has 0 aromatic heterocycles. The first-order valence-electron chi connectivity index (χ1n) is 4.58. The van der Waals surface area contributed by atoms with Gasteiger partial charge < -0.3 is 4.90 Å². The van der Waals surface area contributed by atoms with E-state index in [4.69, 9.17) is 0 Å². The average molecular weight is 219 g/mol. The Balaban J connectivity index is 2.53. The molecule has 0 aromatic carbocycles. The van der Waals surface area contributed by atoms with Crippen molar-refractivity contribution in [2.45, 2.75) is 25.1 Å². The van der Waals surface area contributed by atoms with E-state index in [1.165, 1.54) is 0 Å². The summed E-state index contributed by atoms with van der Waals surface area (Å²) in [6.45, 7) is 5.05. The smallest absolute Gasteiger partial charge is 0.235 e. The number of thioether (sulfide) groups is 2. The van der Waals surface area contributed by atoms with E-state index in [-0.39, 0.29) is 5.25 Å². The van der Waals surface area contributed by atoms with Crippen molar-refractivity contribution in [2.24, 2.45) is 0 Å². The van der Waals surface area contributed by atoms with Gasteiger partial charge in [-0.15, -0.1) is 0 Å². The molecule has 0 saturated carbocycles. The zero-order valence-electron chi connectivity index (χ0n) is 8.45. The van der Waals surface area contributed by atoms with Gasteiger partial charge >= 0.3 is 0 Å². The Kier molecular flexibility index (Phi) is 4.46. The maximum atomic E-state index is 11.8. The quantitative estimate of drug-likeness (QED) is 0.705. The number of hydrogen-bond acceptors (Lipinski definition) is 3. The maximum Gasteiger partial charge on any atom is 0.235 e. The number of rotatable bonds is 2. The first kappa shape index (κ1) is 11.2. The van der Waals surface area contributed by atoms with Crippen LogP contribution in [0.25, 0.3) is 0 Å². The minimum atomic E-state index is 0.116. The Morgan fingerprint density at radius 3 is 2.92 bits per heavy atom. The van der Waals surface area contributed by atoms with Crippen molar-refractivity contribution in [3.63, 3.8) is 0 Å². The monoisotopic (exact) mass is 219 g/mol. The minimum Gasteiger partial charge on any atom is -0.337 e. The lowest BCUT2D eigenvalue weighted by atomic mass is 10.2. The minimum absolute atomic E-state index is 0.116. The van der Waals surface area contributed by atoms with Gasteiger partial charge in [0.15, 0.2) is 0 Å². The fourth-order valence-corrected chi connectivity index (χ4v) is 2.74. The molecule has 0 radical (unpaired) electrons. The molecule has 4 heteroatoms. The summed E-state index contributed by atoms with van der Waals surface area (Å²) in [5.74, 6) is 2.49. The van der Waals surface area contributed by atoms with Gasteiger partial charge in [-0.1, -0.05) is 0 Å². The lowest BCUT2D eigenvalue weighted by Crippen LogP contribution is -2.47. The van der Waals surface area contributed by atoms with Crippen molar-refractivity contribution >= 4 is 29.4 Å². The van der Waals surface area contributed by atoms with Crippen molar-refractivity contribution in [3.8, 4) is 0 Å². The Bertz CT molecular complexity index is 186. The van der Waals surface area contributed by atoms with E-state index in [0.29, 0.717) is 11.9 Å². The number of carbonyl (C=O) groups is 1. The molecule has 1 aliphatic heterocycles. The van der Waals surface area contributed by atoms with E-state index in [9.17, 15) is 4.79 Å². The molecule has 1 saturated heterocycles. The Hall–Kier alpha value is 0.170. The van der Waals surface area contributed by atoms with Crippen LogP contribution in [0.5, 0.6) is 0 Å². The van der Waals surface area contributed by atoms with Crippen LogP contribution in [0.2, 0.25) is 0 Å². The molecule has 0 aliphatic carbocycles. The van der Waals surface area contributed by atoms with E-state index in [1.807, 2.05) is 29.8 Å². The first-order chi connectivity index (χ1) is 6.16.